The minimum absolute atomic E-state index is 0.597. The Bertz CT molecular complexity index is 687. The maximum absolute atomic E-state index is 13.2. The van der Waals surface area contributed by atoms with Crippen LogP contribution in [0.25, 0.3) is 11.4 Å². The summed E-state index contributed by atoms with van der Waals surface area (Å²) >= 11 is 0. The fraction of sp³-hybridized carbons (Fsp3) is 0.630. The highest BCUT2D eigenvalue weighted by Crippen LogP contribution is 2.19. The summed E-state index contributed by atoms with van der Waals surface area (Å²) in [5.41, 5.74) is 2.40. The zero-order valence-corrected chi connectivity index (χ0v) is 19.6. The molecule has 1 atom stereocenters. The molecular formula is C27H41FN2O. The number of aromatic nitrogens is 2. The van der Waals surface area contributed by atoms with Gasteiger partial charge in [0.05, 0.1) is 25.2 Å². The molecule has 0 saturated heterocycles. The normalized spacial score (nSPS) is 12.1. The second-order valence-electron chi connectivity index (χ2n) is 8.51. The molecule has 1 unspecified atom stereocenters. The number of unbranched alkanes of at least 4 members (excludes halogenated alkanes) is 8. The predicted molar refractivity (Wildman–Crippen MR) is 128 cm³/mol. The lowest BCUT2D eigenvalue weighted by Crippen LogP contribution is -1.99. The van der Waals surface area contributed by atoms with Crippen LogP contribution in [0.15, 0.2) is 36.7 Å². The van der Waals surface area contributed by atoms with Gasteiger partial charge in [-0.3, -0.25) is 0 Å². The number of ether oxygens (including phenoxy) is 1. The van der Waals surface area contributed by atoms with Crippen molar-refractivity contribution in [2.24, 2.45) is 0 Å². The van der Waals surface area contributed by atoms with E-state index in [1.165, 1.54) is 50.5 Å². The van der Waals surface area contributed by atoms with Gasteiger partial charge in [0.1, 0.15) is 0 Å². The molecule has 172 valence electrons. The highest BCUT2D eigenvalue weighted by Gasteiger charge is 2.04. The van der Waals surface area contributed by atoms with E-state index in [1.807, 2.05) is 6.92 Å². The molecule has 1 aromatic carbocycles. The fourth-order valence-corrected chi connectivity index (χ4v) is 3.69. The SMILES string of the molecule is CCCCCCOc1cnc(-c2ccc(CCCCCCCCC(F)CC)cc2)nc1. The first-order valence-electron chi connectivity index (χ1n) is 12.4. The van der Waals surface area contributed by atoms with Crippen molar-refractivity contribution in [3.05, 3.63) is 42.2 Å². The van der Waals surface area contributed by atoms with Crippen LogP contribution in [0.4, 0.5) is 4.39 Å². The average Bonchev–Trinajstić information content (AvgIpc) is 2.81. The van der Waals surface area contributed by atoms with Crippen LogP contribution in [-0.2, 0) is 6.42 Å². The van der Waals surface area contributed by atoms with E-state index in [0.29, 0.717) is 6.42 Å². The number of rotatable bonds is 17. The Morgan fingerprint density at radius 3 is 2.13 bits per heavy atom. The van der Waals surface area contributed by atoms with Crippen molar-refractivity contribution in [2.75, 3.05) is 6.61 Å². The molecule has 0 aliphatic rings. The van der Waals surface area contributed by atoms with Gasteiger partial charge in [-0.15, -0.1) is 0 Å². The minimum Gasteiger partial charge on any atom is -0.490 e. The minimum atomic E-state index is -0.597. The van der Waals surface area contributed by atoms with Gasteiger partial charge in [0.25, 0.3) is 0 Å². The fourth-order valence-electron chi connectivity index (χ4n) is 3.69. The number of alkyl halides is 1. The molecule has 0 amide bonds. The quantitative estimate of drug-likeness (QED) is 0.239. The molecule has 2 aromatic rings. The molecule has 0 spiro atoms. The molecule has 0 N–H and O–H groups in total. The van der Waals surface area contributed by atoms with Crippen molar-refractivity contribution in [3.8, 4) is 17.1 Å². The van der Waals surface area contributed by atoms with Gasteiger partial charge in [-0.1, -0.05) is 89.5 Å². The Hall–Kier alpha value is -1.97. The van der Waals surface area contributed by atoms with Crippen LogP contribution in [0.2, 0.25) is 0 Å². The lowest BCUT2D eigenvalue weighted by Gasteiger charge is -2.07. The summed E-state index contributed by atoms with van der Waals surface area (Å²) in [4.78, 5) is 8.92. The Kier molecular flexibility index (Phi) is 12.9. The van der Waals surface area contributed by atoms with E-state index in [0.717, 1.165) is 55.8 Å². The molecule has 1 aromatic heterocycles. The molecule has 2 rings (SSSR count). The lowest BCUT2D eigenvalue weighted by molar-refractivity contribution is 0.296. The Morgan fingerprint density at radius 1 is 0.806 bits per heavy atom. The monoisotopic (exact) mass is 428 g/mol. The molecule has 1 heterocycles. The van der Waals surface area contributed by atoms with Gasteiger partial charge in [0.15, 0.2) is 11.6 Å². The van der Waals surface area contributed by atoms with Gasteiger partial charge >= 0.3 is 0 Å². The summed E-state index contributed by atoms with van der Waals surface area (Å²) in [5.74, 6) is 1.48. The third-order valence-electron chi connectivity index (χ3n) is 5.78. The zero-order valence-electron chi connectivity index (χ0n) is 19.6. The predicted octanol–water partition coefficient (Wildman–Crippen LogP) is 8.12. The summed E-state index contributed by atoms with van der Waals surface area (Å²) < 4.78 is 18.9. The third-order valence-corrected chi connectivity index (χ3v) is 5.78. The second kappa shape index (κ2) is 15.8. The Morgan fingerprint density at radius 2 is 1.45 bits per heavy atom. The molecule has 0 aliphatic heterocycles. The Balaban J connectivity index is 1.62. The van der Waals surface area contributed by atoms with Crippen LogP contribution in [0.5, 0.6) is 5.75 Å². The van der Waals surface area contributed by atoms with Crippen LogP contribution in [-0.4, -0.2) is 22.7 Å². The van der Waals surface area contributed by atoms with Crippen molar-refractivity contribution in [3.63, 3.8) is 0 Å². The zero-order chi connectivity index (χ0) is 22.2. The van der Waals surface area contributed by atoms with E-state index in [4.69, 9.17) is 4.74 Å². The number of halogens is 1. The molecular weight excluding hydrogens is 387 g/mol. The maximum Gasteiger partial charge on any atom is 0.159 e. The smallest absolute Gasteiger partial charge is 0.159 e. The van der Waals surface area contributed by atoms with E-state index in [1.54, 1.807) is 12.4 Å². The summed E-state index contributed by atoms with van der Waals surface area (Å²) in [6.07, 6.45) is 17.4. The van der Waals surface area contributed by atoms with Crippen LogP contribution in [0.1, 0.15) is 96.5 Å². The third kappa shape index (κ3) is 10.8. The number of aryl methyl sites for hydroxylation is 1. The summed E-state index contributed by atoms with van der Waals surface area (Å²) in [6.45, 7) is 4.86. The van der Waals surface area contributed by atoms with Gasteiger partial charge in [-0.05, 0) is 37.7 Å². The molecule has 3 nitrogen and oxygen atoms in total. The van der Waals surface area contributed by atoms with E-state index >= 15 is 0 Å². The molecule has 0 saturated carbocycles. The van der Waals surface area contributed by atoms with Gasteiger partial charge in [-0.25, -0.2) is 14.4 Å². The highest BCUT2D eigenvalue weighted by atomic mass is 19.1. The first kappa shape index (κ1) is 25.3. The molecule has 0 fully saturated rings. The van der Waals surface area contributed by atoms with Crippen molar-refractivity contribution in [1.29, 1.82) is 0 Å². The van der Waals surface area contributed by atoms with E-state index < -0.39 is 6.17 Å². The number of hydrogen-bond donors (Lipinski definition) is 0. The number of nitrogens with zero attached hydrogens (tertiary/aromatic N) is 2. The lowest BCUT2D eigenvalue weighted by atomic mass is 10.0. The highest BCUT2D eigenvalue weighted by molar-refractivity contribution is 5.55. The number of hydrogen-bond acceptors (Lipinski definition) is 3. The van der Waals surface area contributed by atoms with Gasteiger partial charge in [0, 0.05) is 5.56 Å². The topological polar surface area (TPSA) is 35.0 Å². The van der Waals surface area contributed by atoms with Crippen molar-refractivity contribution in [1.82, 2.24) is 9.97 Å². The van der Waals surface area contributed by atoms with Gasteiger partial charge < -0.3 is 4.74 Å². The van der Waals surface area contributed by atoms with Crippen LogP contribution in [0.3, 0.4) is 0 Å². The van der Waals surface area contributed by atoms with E-state index in [2.05, 4.69) is 41.2 Å². The Labute approximate surface area is 188 Å². The largest absolute Gasteiger partial charge is 0.490 e. The summed E-state index contributed by atoms with van der Waals surface area (Å²) in [6, 6.07) is 8.58. The maximum atomic E-state index is 13.2. The average molecular weight is 429 g/mol. The summed E-state index contributed by atoms with van der Waals surface area (Å²) in [5, 5.41) is 0. The molecule has 0 radical (unpaired) electrons. The van der Waals surface area contributed by atoms with Crippen molar-refractivity contribution in [2.45, 2.75) is 103 Å². The second-order valence-corrected chi connectivity index (χ2v) is 8.51. The van der Waals surface area contributed by atoms with Crippen LogP contribution < -0.4 is 4.74 Å². The van der Waals surface area contributed by atoms with Gasteiger partial charge in [0.2, 0.25) is 0 Å². The van der Waals surface area contributed by atoms with E-state index in [9.17, 15) is 4.39 Å². The standard InChI is InChI=1S/C27H41FN2O/c1-3-5-6-13-20-31-26-21-29-27(30-22-26)24-18-16-23(17-19-24)14-11-9-7-8-10-12-15-25(28)4-2/h16-19,21-22,25H,3-15,20H2,1-2H3. The molecule has 31 heavy (non-hydrogen) atoms. The van der Waals surface area contributed by atoms with Gasteiger partial charge in [-0.2, -0.15) is 0 Å². The summed E-state index contributed by atoms with van der Waals surface area (Å²) in [7, 11) is 0. The molecule has 0 aliphatic carbocycles. The first-order chi connectivity index (χ1) is 15.2. The molecule has 4 heteroatoms. The first-order valence-corrected chi connectivity index (χ1v) is 12.4. The van der Waals surface area contributed by atoms with Crippen LogP contribution in [0, 0.1) is 0 Å². The number of benzene rings is 1. The van der Waals surface area contributed by atoms with Crippen molar-refractivity contribution >= 4 is 0 Å². The van der Waals surface area contributed by atoms with E-state index in [-0.39, 0.29) is 0 Å². The van der Waals surface area contributed by atoms with Crippen molar-refractivity contribution < 1.29 is 9.13 Å². The molecule has 0 bridgehead atoms. The van der Waals surface area contributed by atoms with Crippen LogP contribution >= 0.6 is 0 Å².